The quantitative estimate of drug-likeness (QED) is 0.345. The molecule has 1 unspecified atom stereocenters. The smallest absolute Gasteiger partial charge is 0.261 e. The summed E-state index contributed by atoms with van der Waals surface area (Å²) in [6, 6.07) is 21.5. The number of nitrogens with zero attached hydrogens (tertiary/aromatic N) is 3. The van der Waals surface area contributed by atoms with Crippen molar-refractivity contribution < 1.29 is 28.2 Å². The second-order valence-electron chi connectivity index (χ2n) is 10.6. The molecule has 226 valence electrons. The van der Waals surface area contributed by atoms with E-state index in [-0.39, 0.29) is 30.9 Å². The number of hydrogen-bond acceptors (Lipinski definition) is 7. The topological polar surface area (TPSA) is 101 Å². The van der Waals surface area contributed by atoms with Gasteiger partial charge in [-0.05, 0) is 66.9 Å². The number of anilines is 1. The molecule has 1 N–H and O–H groups in total. The van der Waals surface area contributed by atoms with Gasteiger partial charge in [0.1, 0.15) is 28.6 Å². The van der Waals surface area contributed by atoms with Crippen LogP contribution in [0.4, 0.5) is 15.8 Å². The predicted molar refractivity (Wildman–Crippen MR) is 166 cm³/mol. The van der Waals surface area contributed by atoms with E-state index in [2.05, 4.69) is 10.3 Å². The molecule has 0 aliphatic carbocycles. The van der Waals surface area contributed by atoms with Gasteiger partial charge in [-0.2, -0.15) is 0 Å². The normalized spacial score (nSPS) is 20.5. The van der Waals surface area contributed by atoms with Crippen molar-refractivity contribution in [1.29, 1.82) is 0 Å². The number of carbonyl (C=O) groups is 3. The fourth-order valence-corrected chi connectivity index (χ4v) is 6.51. The molecule has 11 heteroatoms. The molecule has 44 heavy (non-hydrogen) atoms. The number of rotatable bonds is 9. The van der Waals surface area contributed by atoms with Crippen molar-refractivity contribution in [2.45, 2.75) is 30.6 Å². The van der Waals surface area contributed by atoms with E-state index >= 15 is 0 Å². The minimum atomic E-state index is -0.587. The van der Waals surface area contributed by atoms with Crippen LogP contribution < -0.4 is 10.1 Å². The first-order valence-corrected chi connectivity index (χ1v) is 15.3. The van der Waals surface area contributed by atoms with Crippen molar-refractivity contribution in [3.8, 4) is 5.75 Å². The first-order chi connectivity index (χ1) is 21.4. The van der Waals surface area contributed by atoms with Crippen LogP contribution in [0, 0.1) is 5.82 Å². The van der Waals surface area contributed by atoms with Crippen LogP contribution in [-0.2, 0) is 19.1 Å². The van der Waals surface area contributed by atoms with Gasteiger partial charge < -0.3 is 19.7 Å². The number of nitrogens with one attached hydrogen (secondary N) is 1. The van der Waals surface area contributed by atoms with Crippen LogP contribution in [-0.4, -0.2) is 65.0 Å². The molecule has 3 aliphatic rings. The van der Waals surface area contributed by atoms with Gasteiger partial charge in [0.2, 0.25) is 11.8 Å². The summed E-state index contributed by atoms with van der Waals surface area (Å²) in [5.41, 5.74) is 1.71. The molecule has 9 nitrogen and oxygen atoms in total. The van der Waals surface area contributed by atoms with E-state index < -0.39 is 17.1 Å². The summed E-state index contributed by atoms with van der Waals surface area (Å²) in [5, 5.41) is 2.81. The van der Waals surface area contributed by atoms with Crippen LogP contribution in [0.25, 0.3) is 0 Å². The van der Waals surface area contributed by atoms with Crippen molar-refractivity contribution >= 4 is 46.0 Å². The summed E-state index contributed by atoms with van der Waals surface area (Å²) in [5.74, 6) is 0.230. The van der Waals surface area contributed by atoms with Gasteiger partial charge in [-0.3, -0.25) is 19.3 Å². The highest BCUT2D eigenvalue weighted by atomic mass is 32.2. The van der Waals surface area contributed by atoms with Gasteiger partial charge in [-0.25, -0.2) is 9.38 Å². The van der Waals surface area contributed by atoms with E-state index in [1.165, 1.54) is 23.9 Å². The predicted octanol–water partition coefficient (Wildman–Crippen LogP) is 5.44. The monoisotopic (exact) mass is 614 g/mol. The Morgan fingerprint density at radius 3 is 2.64 bits per heavy atom. The number of ether oxygens (including phenoxy) is 2. The maximum Gasteiger partial charge on any atom is 0.261 e. The fourth-order valence-electron chi connectivity index (χ4n) is 5.34. The molecule has 3 amide bonds. The van der Waals surface area contributed by atoms with Crippen LogP contribution in [0.3, 0.4) is 0 Å². The van der Waals surface area contributed by atoms with Gasteiger partial charge in [0.15, 0.2) is 11.8 Å². The third kappa shape index (κ3) is 6.78. The second-order valence-corrected chi connectivity index (χ2v) is 11.6. The molecule has 6 rings (SSSR count). The summed E-state index contributed by atoms with van der Waals surface area (Å²) in [6.45, 7) is 1.18. The van der Waals surface area contributed by atoms with Gasteiger partial charge >= 0.3 is 0 Å². The Labute approximate surface area is 258 Å². The zero-order valence-electron chi connectivity index (χ0n) is 23.9. The first-order valence-electron chi connectivity index (χ1n) is 14.5. The number of thioether (sulfide) groups is 1. The molecular formula is C33H31FN4O5S. The zero-order chi connectivity index (χ0) is 30.5. The highest BCUT2D eigenvalue weighted by molar-refractivity contribution is 8.15. The molecule has 0 aromatic heterocycles. The standard InChI is InChI=1S/C33H31FN4O5S/c34-23-7-4-8-25(19-23)36-33-38(20-27-11-6-18-42-27)32(41)30(44-33)22-13-15-24(16-14-22)35-31(40)28-12-5-17-37(28)29(39)21-43-26-9-2-1-3-10-26/h1-4,7-11,13-16,19,28,30H,5-6,12,17-18,20-21H2,(H,35,40)/b36-33-/t28-,30?/m0/s1. The SMILES string of the molecule is O=C(Nc1ccc(C2S/C(=N\c3cccc(F)c3)N(CC3=CCCO3)C2=O)cc1)[C@@H]1CCCN1C(=O)COc1ccccc1. The third-order valence-electron chi connectivity index (χ3n) is 7.53. The van der Waals surface area contributed by atoms with Crippen molar-refractivity contribution in [3.05, 3.63) is 102 Å². The molecule has 0 radical (unpaired) electrons. The van der Waals surface area contributed by atoms with Crippen molar-refractivity contribution in [2.75, 3.05) is 31.6 Å². The Morgan fingerprint density at radius 1 is 1.07 bits per heavy atom. The number of likely N-dealkylation sites (tertiary alicyclic amines) is 1. The third-order valence-corrected chi connectivity index (χ3v) is 8.76. The molecule has 3 aliphatic heterocycles. The van der Waals surface area contributed by atoms with Gasteiger partial charge in [-0.15, -0.1) is 0 Å². The fraction of sp³-hybridized carbons (Fsp3) is 0.273. The molecular weight excluding hydrogens is 583 g/mol. The Bertz CT molecular complexity index is 1600. The minimum absolute atomic E-state index is 0.138. The Morgan fingerprint density at radius 2 is 1.89 bits per heavy atom. The van der Waals surface area contributed by atoms with Crippen molar-refractivity contribution in [2.24, 2.45) is 4.99 Å². The lowest BCUT2D eigenvalue weighted by Gasteiger charge is -2.24. The second kappa shape index (κ2) is 13.3. The van der Waals surface area contributed by atoms with E-state index in [4.69, 9.17) is 9.47 Å². The summed E-state index contributed by atoms with van der Waals surface area (Å²) in [6.07, 6.45) is 4.04. The minimum Gasteiger partial charge on any atom is -0.496 e. The Hall–Kier alpha value is -4.64. The van der Waals surface area contributed by atoms with Gasteiger partial charge in [0.05, 0.1) is 18.8 Å². The lowest BCUT2D eigenvalue weighted by Crippen LogP contribution is -2.45. The average Bonchev–Trinajstić information content (AvgIpc) is 3.80. The Balaban J connectivity index is 1.12. The average molecular weight is 615 g/mol. The maximum atomic E-state index is 13.8. The molecule has 0 spiro atoms. The van der Waals surface area contributed by atoms with E-state index in [1.54, 1.807) is 58.3 Å². The van der Waals surface area contributed by atoms with E-state index in [9.17, 15) is 18.8 Å². The number of amidine groups is 1. The lowest BCUT2D eigenvalue weighted by molar-refractivity contribution is -0.138. The van der Waals surface area contributed by atoms with E-state index in [0.717, 1.165) is 18.4 Å². The molecule has 2 atom stereocenters. The van der Waals surface area contributed by atoms with Crippen molar-refractivity contribution in [3.63, 3.8) is 0 Å². The lowest BCUT2D eigenvalue weighted by atomic mass is 10.1. The highest BCUT2D eigenvalue weighted by Crippen LogP contribution is 2.41. The summed E-state index contributed by atoms with van der Waals surface area (Å²) < 4.78 is 25.1. The van der Waals surface area contributed by atoms with Crippen LogP contribution in [0.5, 0.6) is 5.75 Å². The number of benzene rings is 3. The summed E-state index contributed by atoms with van der Waals surface area (Å²) in [7, 11) is 0. The summed E-state index contributed by atoms with van der Waals surface area (Å²) in [4.78, 5) is 47.3. The van der Waals surface area contributed by atoms with Crippen LogP contribution in [0.1, 0.15) is 30.1 Å². The summed E-state index contributed by atoms with van der Waals surface area (Å²) >= 11 is 1.29. The van der Waals surface area contributed by atoms with E-state index in [1.807, 2.05) is 24.3 Å². The molecule has 0 saturated carbocycles. The number of aliphatic imine (C=N–C) groups is 1. The first kappa shape index (κ1) is 29.4. The highest BCUT2D eigenvalue weighted by Gasteiger charge is 2.40. The van der Waals surface area contributed by atoms with Crippen LogP contribution >= 0.6 is 11.8 Å². The molecule has 2 saturated heterocycles. The zero-order valence-corrected chi connectivity index (χ0v) is 24.7. The van der Waals surface area contributed by atoms with E-state index in [0.29, 0.717) is 47.6 Å². The Kier molecular flexibility index (Phi) is 8.92. The number of hydrogen-bond donors (Lipinski definition) is 1. The van der Waals surface area contributed by atoms with Gasteiger partial charge in [0.25, 0.3) is 5.91 Å². The van der Waals surface area contributed by atoms with Gasteiger partial charge in [-0.1, -0.05) is 48.2 Å². The molecule has 3 heterocycles. The largest absolute Gasteiger partial charge is 0.496 e. The van der Waals surface area contributed by atoms with Crippen LogP contribution in [0.15, 0.2) is 95.7 Å². The molecule has 0 bridgehead atoms. The maximum absolute atomic E-state index is 13.8. The van der Waals surface area contributed by atoms with Crippen molar-refractivity contribution in [1.82, 2.24) is 9.80 Å². The molecule has 2 fully saturated rings. The molecule has 3 aromatic carbocycles. The number of para-hydroxylation sites is 1. The number of halogens is 1. The molecule has 3 aromatic rings. The number of amides is 3. The van der Waals surface area contributed by atoms with Gasteiger partial charge in [0, 0.05) is 18.7 Å². The van der Waals surface area contributed by atoms with Crippen LogP contribution in [0.2, 0.25) is 0 Å². The number of carbonyl (C=O) groups excluding carboxylic acids is 3.